The van der Waals surface area contributed by atoms with Crippen LogP contribution in [0, 0.1) is 0 Å². The molecule has 8 heteroatoms. The van der Waals surface area contributed by atoms with Crippen LogP contribution in [0.25, 0.3) is 0 Å². The van der Waals surface area contributed by atoms with Crippen molar-refractivity contribution in [3.8, 4) is 0 Å². The summed E-state index contributed by atoms with van der Waals surface area (Å²) in [6.45, 7) is 5.97. The Balaban J connectivity index is 2.64. The molecule has 2 heterocycles. The van der Waals surface area contributed by atoms with Gasteiger partial charge in [0.25, 0.3) is 5.56 Å². The van der Waals surface area contributed by atoms with E-state index in [-0.39, 0.29) is 13.0 Å². The minimum Gasteiger partial charge on any atom is -0.394 e. The molecule has 0 radical (unpaired) electrons. The normalized spacial score (nSPS) is 27.8. The average molecular weight is 455 g/mol. The second-order valence-electron chi connectivity index (χ2n) is 9.07. The van der Waals surface area contributed by atoms with Gasteiger partial charge in [-0.1, -0.05) is 65.7 Å². The first kappa shape index (κ1) is 26.8. The Labute approximate surface area is 190 Å². The molecule has 0 spiro atoms. The Morgan fingerprint density at radius 3 is 2.16 bits per heavy atom. The maximum Gasteiger partial charge on any atom is 0.333 e. The lowest BCUT2D eigenvalue weighted by Crippen LogP contribution is -2.61. The van der Waals surface area contributed by atoms with Gasteiger partial charge >= 0.3 is 5.69 Å². The van der Waals surface area contributed by atoms with Gasteiger partial charge in [-0.25, -0.2) is 4.79 Å². The molecule has 3 N–H and O–H groups in total. The number of aliphatic hydroxyl groups excluding tert-OH is 2. The molecule has 0 amide bonds. The van der Waals surface area contributed by atoms with Crippen LogP contribution in [0.2, 0.25) is 0 Å². The van der Waals surface area contributed by atoms with Crippen LogP contribution in [0.15, 0.2) is 21.9 Å². The Morgan fingerprint density at radius 2 is 1.56 bits per heavy atom. The SMILES string of the molecule is CCCCCn1c(=O)ccn([C@]2(CCCCC)O[C@H](CO)[C@@H](O)[C@]2(O)CCCCC)c1=O. The molecule has 0 bridgehead atoms. The van der Waals surface area contributed by atoms with E-state index in [0.717, 1.165) is 38.5 Å². The summed E-state index contributed by atoms with van der Waals surface area (Å²) in [5.74, 6) is 0. The predicted octanol–water partition coefficient (Wildman–Crippen LogP) is 2.50. The lowest BCUT2D eigenvalue weighted by Gasteiger charge is -2.43. The molecule has 4 atom stereocenters. The topological polar surface area (TPSA) is 114 Å². The number of unbranched alkanes of at least 4 members (excludes halogenated alkanes) is 6. The van der Waals surface area contributed by atoms with Crippen LogP contribution in [0.1, 0.15) is 91.4 Å². The highest BCUT2D eigenvalue weighted by molar-refractivity contribution is 5.11. The number of hydrogen-bond donors (Lipinski definition) is 3. The third-order valence-electron chi connectivity index (χ3n) is 6.77. The maximum absolute atomic E-state index is 13.5. The fraction of sp³-hybridized carbons (Fsp3) is 0.833. The van der Waals surface area contributed by atoms with Crippen LogP contribution in [0.5, 0.6) is 0 Å². The quantitative estimate of drug-likeness (QED) is 0.372. The van der Waals surface area contributed by atoms with E-state index >= 15 is 0 Å². The van der Waals surface area contributed by atoms with Crippen LogP contribution in [-0.2, 0) is 17.0 Å². The van der Waals surface area contributed by atoms with E-state index < -0.39 is 41.4 Å². The van der Waals surface area contributed by atoms with Gasteiger partial charge in [-0.3, -0.25) is 13.9 Å². The first-order valence-corrected chi connectivity index (χ1v) is 12.3. The lowest BCUT2D eigenvalue weighted by atomic mass is 9.78. The molecule has 1 aromatic heterocycles. The van der Waals surface area contributed by atoms with Gasteiger partial charge in [0.05, 0.1) is 6.61 Å². The van der Waals surface area contributed by atoms with Gasteiger partial charge < -0.3 is 20.1 Å². The van der Waals surface area contributed by atoms with Crippen LogP contribution in [0.4, 0.5) is 0 Å². The van der Waals surface area contributed by atoms with Crippen molar-refractivity contribution >= 4 is 0 Å². The van der Waals surface area contributed by atoms with Crippen molar-refractivity contribution in [3.05, 3.63) is 33.1 Å². The number of aliphatic hydroxyl groups is 3. The Morgan fingerprint density at radius 1 is 0.969 bits per heavy atom. The van der Waals surface area contributed by atoms with E-state index in [4.69, 9.17) is 4.74 Å². The first-order valence-electron chi connectivity index (χ1n) is 12.3. The molecular weight excluding hydrogens is 412 g/mol. The fourth-order valence-electron chi connectivity index (χ4n) is 4.87. The Hall–Kier alpha value is -1.48. The van der Waals surface area contributed by atoms with Crippen molar-refractivity contribution in [2.75, 3.05) is 6.61 Å². The van der Waals surface area contributed by atoms with Crippen LogP contribution in [-0.4, -0.2) is 48.9 Å². The summed E-state index contributed by atoms with van der Waals surface area (Å²) in [5.41, 5.74) is -4.26. The Bertz CT molecular complexity index is 821. The van der Waals surface area contributed by atoms with Gasteiger partial charge in [0, 0.05) is 18.8 Å². The van der Waals surface area contributed by atoms with E-state index in [2.05, 4.69) is 6.92 Å². The summed E-state index contributed by atoms with van der Waals surface area (Å²) in [6, 6.07) is 1.32. The number of nitrogens with zero attached hydrogens (tertiary/aromatic N) is 2. The monoisotopic (exact) mass is 454 g/mol. The molecular formula is C24H42N2O6. The molecule has 1 saturated heterocycles. The van der Waals surface area contributed by atoms with E-state index in [1.165, 1.54) is 21.4 Å². The molecule has 32 heavy (non-hydrogen) atoms. The zero-order valence-corrected chi connectivity index (χ0v) is 20.0. The van der Waals surface area contributed by atoms with Gasteiger partial charge in [-0.15, -0.1) is 0 Å². The molecule has 1 aromatic rings. The van der Waals surface area contributed by atoms with Crippen molar-refractivity contribution < 1.29 is 20.1 Å². The first-order chi connectivity index (χ1) is 15.3. The largest absolute Gasteiger partial charge is 0.394 e. The summed E-state index contributed by atoms with van der Waals surface area (Å²) in [7, 11) is 0. The molecule has 1 aliphatic heterocycles. The predicted molar refractivity (Wildman–Crippen MR) is 124 cm³/mol. The van der Waals surface area contributed by atoms with Crippen molar-refractivity contribution in [1.82, 2.24) is 9.13 Å². The third-order valence-corrected chi connectivity index (χ3v) is 6.77. The second kappa shape index (κ2) is 12.1. The average Bonchev–Trinajstić information content (AvgIpc) is 2.99. The number of ether oxygens (including phenoxy) is 1. The lowest BCUT2D eigenvalue weighted by molar-refractivity contribution is -0.207. The zero-order chi connectivity index (χ0) is 23.8. The van der Waals surface area contributed by atoms with Crippen LogP contribution >= 0.6 is 0 Å². The fourth-order valence-corrected chi connectivity index (χ4v) is 4.87. The van der Waals surface area contributed by atoms with Crippen LogP contribution < -0.4 is 11.2 Å². The van der Waals surface area contributed by atoms with Gasteiger partial charge in [0.15, 0.2) is 5.72 Å². The summed E-state index contributed by atoms with van der Waals surface area (Å²) < 4.78 is 8.68. The number of aromatic nitrogens is 2. The highest BCUT2D eigenvalue weighted by atomic mass is 16.6. The maximum atomic E-state index is 13.5. The summed E-state index contributed by atoms with van der Waals surface area (Å²) >= 11 is 0. The zero-order valence-electron chi connectivity index (χ0n) is 20.0. The molecule has 2 rings (SSSR count). The van der Waals surface area contributed by atoms with Gasteiger partial charge in [0.2, 0.25) is 0 Å². The summed E-state index contributed by atoms with van der Waals surface area (Å²) in [4.78, 5) is 26.0. The summed E-state index contributed by atoms with van der Waals surface area (Å²) in [6.07, 6.45) is 6.98. The van der Waals surface area contributed by atoms with Crippen molar-refractivity contribution in [2.24, 2.45) is 0 Å². The molecule has 0 unspecified atom stereocenters. The highest BCUT2D eigenvalue weighted by Crippen LogP contribution is 2.49. The number of rotatable bonds is 14. The third kappa shape index (κ3) is 5.19. The smallest absolute Gasteiger partial charge is 0.333 e. The van der Waals surface area contributed by atoms with Gasteiger partial charge in [0.1, 0.15) is 17.8 Å². The van der Waals surface area contributed by atoms with Crippen LogP contribution in [0.3, 0.4) is 0 Å². The van der Waals surface area contributed by atoms with Crippen molar-refractivity contribution in [2.45, 2.75) is 121 Å². The Kier molecular flexibility index (Phi) is 10.1. The molecule has 0 aromatic carbocycles. The van der Waals surface area contributed by atoms with E-state index in [1.54, 1.807) is 0 Å². The second-order valence-corrected chi connectivity index (χ2v) is 9.07. The molecule has 184 valence electrons. The summed E-state index contributed by atoms with van der Waals surface area (Å²) in [5, 5.41) is 32.8. The van der Waals surface area contributed by atoms with E-state index in [9.17, 15) is 24.9 Å². The van der Waals surface area contributed by atoms with E-state index in [1.807, 2.05) is 13.8 Å². The standard InChI is InChI=1S/C24H42N2O6/c1-4-7-10-14-23(31)21(29)19(18-27)32-24(23,15-11-8-5-2)26-17-13-20(28)25(22(26)30)16-12-9-6-3/h13,17,19,21,27,29,31H,4-12,14-16,18H2,1-3H3/t19-,21-,23-,24-/m1/s1. The minimum atomic E-state index is -1.77. The molecule has 0 saturated carbocycles. The number of hydrogen-bond acceptors (Lipinski definition) is 6. The van der Waals surface area contributed by atoms with Gasteiger partial charge in [-0.05, 0) is 25.7 Å². The minimum absolute atomic E-state index is 0.228. The molecule has 0 aliphatic carbocycles. The van der Waals surface area contributed by atoms with Gasteiger partial charge in [-0.2, -0.15) is 0 Å². The highest BCUT2D eigenvalue weighted by Gasteiger charge is 2.65. The molecule has 8 nitrogen and oxygen atoms in total. The molecule has 1 fully saturated rings. The molecule has 1 aliphatic rings. The van der Waals surface area contributed by atoms with Crippen molar-refractivity contribution in [1.29, 1.82) is 0 Å². The van der Waals surface area contributed by atoms with Crippen molar-refractivity contribution in [3.63, 3.8) is 0 Å². The van der Waals surface area contributed by atoms with E-state index in [0.29, 0.717) is 25.7 Å².